The highest BCUT2D eigenvalue weighted by Crippen LogP contribution is 2.38. The number of carbonyl (C=O) groups excluding carboxylic acids is 2. The molecule has 0 aliphatic heterocycles. The quantitative estimate of drug-likeness (QED) is 0.896. The fraction of sp³-hybridized carbons (Fsp3) is 0.467. The van der Waals surface area contributed by atoms with Gasteiger partial charge in [0, 0.05) is 11.1 Å². The summed E-state index contributed by atoms with van der Waals surface area (Å²) in [6.45, 7) is 1.94. The molecule has 114 valence electrons. The molecule has 21 heavy (non-hydrogen) atoms. The summed E-state index contributed by atoms with van der Waals surface area (Å²) in [6, 6.07) is 4.04. The van der Waals surface area contributed by atoms with Crippen molar-refractivity contribution in [2.75, 3.05) is 17.7 Å². The molecule has 0 heterocycles. The molecule has 0 aromatic heterocycles. The molecule has 0 saturated heterocycles. The van der Waals surface area contributed by atoms with Crippen molar-refractivity contribution in [1.29, 1.82) is 0 Å². The first-order chi connectivity index (χ1) is 9.94. The van der Waals surface area contributed by atoms with E-state index in [9.17, 15) is 14.0 Å². The largest absolute Gasteiger partial charge is 0.453 e. The molecule has 1 aromatic rings. The lowest BCUT2D eigenvalue weighted by atomic mass is 9.88. The van der Waals surface area contributed by atoms with Crippen LogP contribution in [0.25, 0.3) is 0 Å². The monoisotopic (exact) mass is 294 g/mol. The molecule has 1 fully saturated rings. The molecule has 1 aliphatic carbocycles. The molecule has 0 radical (unpaired) electrons. The van der Waals surface area contributed by atoms with Crippen molar-refractivity contribution < 1.29 is 18.7 Å². The molecule has 0 unspecified atom stereocenters. The predicted octanol–water partition coefficient (Wildman–Crippen LogP) is 3.52. The van der Waals surface area contributed by atoms with E-state index < -0.39 is 11.9 Å². The zero-order chi connectivity index (χ0) is 15.5. The number of benzene rings is 1. The van der Waals surface area contributed by atoms with E-state index in [-0.39, 0.29) is 17.0 Å². The zero-order valence-electron chi connectivity index (χ0n) is 12.2. The lowest BCUT2D eigenvalue weighted by Crippen LogP contribution is -2.30. The van der Waals surface area contributed by atoms with Crippen LogP contribution in [-0.2, 0) is 9.53 Å². The molecule has 0 spiro atoms. The van der Waals surface area contributed by atoms with Crippen LogP contribution in [0.1, 0.15) is 32.6 Å². The second-order valence-electron chi connectivity index (χ2n) is 5.53. The van der Waals surface area contributed by atoms with Crippen molar-refractivity contribution in [2.45, 2.75) is 32.6 Å². The van der Waals surface area contributed by atoms with E-state index in [2.05, 4.69) is 15.4 Å². The van der Waals surface area contributed by atoms with Gasteiger partial charge >= 0.3 is 6.09 Å². The van der Waals surface area contributed by atoms with Gasteiger partial charge in [-0.05, 0) is 31.0 Å². The Bertz CT molecular complexity index is 554. The SMILES string of the molecule is COC(=O)Nc1cc(NC(=O)C2(C)CCCC2)ccc1F. The Morgan fingerprint density at radius 2 is 1.90 bits per heavy atom. The third kappa shape index (κ3) is 3.51. The Morgan fingerprint density at radius 1 is 1.24 bits per heavy atom. The zero-order valence-corrected chi connectivity index (χ0v) is 12.2. The number of amides is 2. The number of hydrogen-bond acceptors (Lipinski definition) is 3. The van der Waals surface area contributed by atoms with Gasteiger partial charge in [-0.25, -0.2) is 9.18 Å². The molecular weight excluding hydrogens is 275 g/mol. The summed E-state index contributed by atoms with van der Waals surface area (Å²) in [5, 5.41) is 5.05. The molecule has 2 amide bonds. The first kappa shape index (κ1) is 15.3. The molecule has 0 bridgehead atoms. The fourth-order valence-electron chi connectivity index (χ4n) is 2.52. The van der Waals surface area contributed by atoms with Gasteiger partial charge in [0.1, 0.15) is 5.82 Å². The van der Waals surface area contributed by atoms with Gasteiger partial charge in [-0.1, -0.05) is 19.8 Å². The topological polar surface area (TPSA) is 67.4 Å². The number of carbonyl (C=O) groups is 2. The minimum atomic E-state index is -0.764. The summed E-state index contributed by atoms with van der Waals surface area (Å²) in [4.78, 5) is 23.4. The van der Waals surface area contributed by atoms with Gasteiger partial charge in [0.05, 0.1) is 12.8 Å². The molecule has 2 N–H and O–H groups in total. The highest BCUT2D eigenvalue weighted by Gasteiger charge is 2.36. The maximum Gasteiger partial charge on any atom is 0.411 e. The van der Waals surface area contributed by atoms with E-state index in [1.54, 1.807) is 0 Å². The number of halogens is 1. The summed E-state index contributed by atoms with van der Waals surface area (Å²) in [7, 11) is 1.19. The van der Waals surface area contributed by atoms with Crippen molar-refractivity contribution in [2.24, 2.45) is 5.41 Å². The van der Waals surface area contributed by atoms with Gasteiger partial charge in [-0.2, -0.15) is 0 Å². The summed E-state index contributed by atoms with van der Waals surface area (Å²) in [6.07, 6.45) is 3.03. The molecule has 1 aliphatic rings. The molecular formula is C15H19FN2O3. The lowest BCUT2D eigenvalue weighted by Gasteiger charge is -2.22. The summed E-state index contributed by atoms with van der Waals surface area (Å²) < 4.78 is 18.0. The van der Waals surface area contributed by atoms with E-state index in [1.165, 1.54) is 25.3 Å². The van der Waals surface area contributed by atoms with E-state index in [4.69, 9.17) is 0 Å². The van der Waals surface area contributed by atoms with Crippen LogP contribution in [-0.4, -0.2) is 19.1 Å². The molecule has 1 saturated carbocycles. The van der Waals surface area contributed by atoms with Crippen LogP contribution >= 0.6 is 0 Å². The molecule has 2 rings (SSSR count). The van der Waals surface area contributed by atoms with Crippen molar-refractivity contribution in [3.05, 3.63) is 24.0 Å². The maximum atomic E-state index is 13.6. The Labute approximate surface area is 122 Å². The fourth-order valence-corrected chi connectivity index (χ4v) is 2.52. The van der Waals surface area contributed by atoms with Crippen molar-refractivity contribution in [1.82, 2.24) is 0 Å². The van der Waals surface area contributed by atoms with Crippen LogP contribution < -0.4 is 10.6 Å². The highest BCUT2D eigenvalue weighted by atomic mass is 19.1. The van der Waals surface area contributed by atoms with Crippen molar-refractivity contribution >= 4 is 23.4 Å². The average molecular weight is 294 g/mol. The number of ether oxygens (including phenoxy) is 1. The Balaban J connectivity index is 2.11. The minimum absolute atomic E-state index is 0.0313. The predicted molar refractivity (Wildman–Crippen MR) is 77.6 cm³/mol. The first-order valence-electron chi connectivity index (χ1n) is 6.90. The number of rotatable bonds is 3. The van der Waals surface area contributed by atoms with Crippen LogP contribution in [0.5, 0.6) is 0 Å². The van der Waals surface area contributed by atoms with Crippen LogP contribution in [0.15, 0.2) is 18.2 Å². The smallest absolute Gasteiger partial charge is 0.411 e. The summed E-state index contributed by atoms with van der Waals surface area (Å²) in [5.41, 5.74) is 0.0433. The van der Waals surface area contributed by atoms with Gasteiger partial charge in [0.25, 0.3) is 0 Å². The standard InChI is InChI=1S/C15H19FN2O3/c1-15(7-3-4-8-15)13(19)17-10-5-6-11(16)12(9-10)18-14(20)21-2/h5-6,9H,3-4,7-8H2,1-2H3,(H,17,19)(H,18,20). The molecule has 1 aromatic carbocycles. The lowest BCUT2D eigenvalue weighted by molar-refractivity contribution is -0.124. The normalized spacial score (nSPS) is 16.3. The average Bonchev–Trinajstić information content (AvgIpc) is 2.90. The van der Waals surface area contributed by atoms with Gasteiger partial charge in [0.2, 0.25) is 5.91 Å². The van der Waals surface area contributed by atoms with Crippen LogP contribution in [0.2, 0.25) is 0 Å². The van der Waals surface area contributed by atoms with E-state index in [0.717, 1.165) is 25.7 Å². The third-order valence-electron chi connectivity index (χ3n) is 3.90. The highest BCUT2D eigenvalue weighted by molar-refractivity contribution is 5.96. The van der Waals surface area contributed by atoms with Gasteiger partial charge < -0.3 is 10.1 Å². The minimum Gasteiger partial charge on any atom is -0.453 e. The van der Waals surface area contributed by atoms with Crippen LogP contribution in [0.4, 0.5) is 20.6 Å². The van der Waals surface area contributed by atoms with Crippen LogP contribution in [0, 0.1) is 11.2 Å². The molecule has 5 nitrogen and oxygen atoms in total. The van der Waals surface area contributed by atoms with Gasteiger partial charge in [-0.3, -0.25) is 10.1 Å². The second-order valence-corrected chi connectivity index (χ2v) is 5.53. The van der Waals surface area contributed by atoms with Crippen LogP contribution in [0.3, 0.4) is 0 Å². The van der Waals surface area contributed by atoms with E-state index in [0.29, 0.717) is 5.69 Å². The number of methoxy groups -OCH3 is 1. The van der Waals surface area contributed by atoms with Gasteiger partial charge in [0.15, 0.2) is 0 Å². The summed E-state index contributed by atoms with van der Waals surface area (Å²) in [5.74, 6) is -0.666. The second kappa shape index (κ2) is 6.11. The summed E-state index contributed by atoms with van der Waals surface area (Å²) >= 11 is 0. The number of hydrogen-bond donors (Lipinski definition) is 2. The van der Waals surface area contributed by atoms with Crippen molar-refractivity contribution in [3.63, 3.8) is 0 Å². The van der Waals surface area contributed by atoms with Gasteiger partial charge in [-0.15, -0.1) is 0 Å². The Hall–Kier alpha value is -2.11. The molecule has 6 heteroatoms. The maximum absolute atomic E-state index is 13.6. The molecule has 0 atom stereocenters. The van der Waals surface area contributed by atoms with E-state index >= 15 is 0 Å². The van der Waals surface area contributed by atoms with E-state index in [1.807, 2.05) is 6.92 Å². The Kier molecular flexibility index (Phi) is 4.45. The number of nitrogens with one attached hydrogen (secondary N) is 2. The third-order valence-corrected chi connectivity index (χ3v) is 3.90. The first-order valence-corrected chi connectivity index (χ1v) is 6.90. The Morgan fingerprint density at radius 3 is 2.52 bits per heavy atom. The number of anilines is 2. The van der Waals surface area contributed by atoms with Crippen molar-refractivity contribution in [3.8, 4) is 0 Å².